The predicted octanol–water partition coefficient (Wildman–Crippen LogP) is -0.201. The average molecular weight is 200 g/mol. The molecule has 1 heterocycles. The van der Waals surface area contributed by atoms with E-state index in [9.17, 15) is 9.59 Å². The molecule has 0 aliphatic carbocycles. The maximum Gasteiger partial charge on any atom is 0.326 e. The molecule has 80 valence electrons. The molecule has 5 nitrogen and oxygen atoms in total. The average Bonchev–Trinajstić information content (AvgIpc) is 2.63. The SMILES string of the molecule is CC[C@H](N)C(=O)N1CCC[C@H]1C(=O)O. The molecule has 0 aromatic rings. The summed E-state index contributed by atoms with van der Waals surface area (Å²) < 4.78 is 0. The van der Waals surface area contributed by atoms with Crippen LogP contribution in [0.4, 0.5) is 0 Å². The van der Waals surface area contributed by atoms with Gasteiger partial charge in [-0.05, 0) is 19.3 Å². The number of aliphatic carboxylic acids is 1. The fourth-order valence-corrected chi connectivity index (χ4v) is 1.67. The van der Waals surface area contributed by atoms with E-state index in [1.807, 2.05) is 6.92 Å². The third kappa shape index (κ3) is 2.04. The molecular formula is C9H16N2O3. The van der Waals surface area contributed by atoms with Crippen molar-refractivity contribution in [3.05, 3.63) is 0 Å². The first-order valence-corrected chi connectivity index (χ1v) is 4.86. The topological polar surface area (TPSA) is 83.6 Å². The Morgan fingerprint density at radius 3 is 2.79 bits per heavy atom. The van der Waals surface area contributed by atoms with Crippen molar-refractivity contribution < 1.29 is 14.7 Å². The van der Waals surface area contributed by atoms with Gasteiger partial charge in [-0.1, -0.05) is 6.92 Å². The number of rotatable bonds is 3. The fraction of sp³-hybridized carbons (Fsp3) is 0.778. The molecule has 1 rings (SSSR count). The van der Waals surface area contributed by atoms with Crippen LogP contribution in [0.2, 0.25) is 0 Å². The van der Waals surface area contributed by atoms with E-state index < -0.39 is 18.1 Å². The quantitative estimate of drug-likeness (QED) is 0.660. The predicted molar refractivity (Wildman–Crippen MR) is 50.6 cm³/mol. The van der Waals surface area contributed by atoms with Crippen LogP contribution >= 0.6 is 0 Å². The number of nitrogens with two attached hydrogens (primary N) is 1. The summed E-state index contributed by atoms with van der Waals surface area (Å²) in [7, 11) is 0. The smallest absolute Gasteiger partial charge is 0.326 e. The number of carboxylic acid groups (broad SMARTS) is 1. The molecule has 0 radical (unpaired) electrons. The number of amides is 1. The minimum Gasteiger partial charge on any atom is -0.480 e. The molecule has 1 aliphatic heterocycles. The van der Waals surface area contributed by atoms with Crippen LogP contribution in [0.25, 0.3) is 0 Å². The zero-order valence-corrected chi connectivity index (χ0v) is 8.27. The second-order valence-electron chi connectivity index (χ2n) is 3.54. The summed E-state index contributed by atoms with van der Waals surface area (Å²) in [5.74, 6) is -1.17. The van der Waals surface area contributed by atoms with Gasteiger partial charge in [-0.15, -0.1) is 0 Å². The highest BCUT2D eigenvalue weighted by Crippen LogP contribution is 2.18. The molecule has 1 amide bonds. The van der Waals surface area contributed by atoms with Crippen LogP contribution in [0.15, 0.2) is 0 Å². The normalized spacial score (nSPS) is 23.6. The van der Waals surface area contributed by atoms with Crippen molar-refractivity contribution in [1.29, 1.82) is 0 Å². The van der Waals surface area contributed by atoms with E-state index in [0.29, 0.717) is 19.4 Å². The highest BCUT2D eigenvalue weighted by Gasteiger charge is 2.35. The monoisotopic (exact) mass is 200 g/mol. The van der Waals surface area contributed by atoms with Crippen LogP contribution in [0.3, 0.4) is 0 Å². The number of carbonyl (C=O) groups excluding carboxylic acids is 1. The van der Waals surface area contributed by atoms with Crippen molar-refractivity contribution in [2.24, 2.45) is 5.73 Å². The van der Waals surface area contributed by atoms with Crippen LogP contribution in [0, 0.1) is 0 Å². The summed E-state index contributed by atoms with van der Waals surface area (Å²) in [5.41, 5.74) is 5.57. The molecule has 0 bridgehead atoms. The van der Waals surface area contributed by atoms with Gasteiger partial charge >= 0.3 is 5.97 Å². The van der Waals surface area contributed by atoms with Crippen LogP contribution in [0.1, 0.15) is 26.2 Å². The largest absolute Gasteiger partial charge is 0.480 e. The molecule has 1 fully saturated rings. The van der Waals surface area contributed by atoms with E-state index >= 15 is 0 Å². The van der Waals surface area contributed by atoms with E-state index in [-0.39, 0.29) is 5.91 Å². The lowest BCUT2D eigenvalue weighted by molar-refractivity contribution is -0.148. The lowest BCUT2D eigenvalue weighted by atomic mass is 10.2. The summed E-state index contributed by atoms with van der Waals surface area (Å²) in [6, 6.07) is -1.23. The Kier molecular flexibility index (Phi) is 3.46. The molecule has 2 atom stereocenters. The number of carboxylic acids is 1. The first-order valence-electron chi connectivity index (χ1n) is 4.86. The van der Waals surface area contributed by atoms with E-state index in [1.54, 1.807) is 0 Å². The van der Waals surface area contributed by atoms with Crippen molar-refractivity contribution in [3.8, 4) is 0 Å². The van der Waals surface area contributed by atoms with Crippen molar-refractivity contribution in [2.45, 2.75) is 38.3 Å². The number of hydrogen-bond donors (Lipinski definition) is 2. The third-order valence-corrected chi connectivity index (χ3v) is 2.58. The van der Waals surface area contributed by atoms with E-state index in [2.05, 4.69) is 0 Å². The lowest BCUT2D eigenvalue weighted by Gasteiger charge is -2.24. The van der Waals surface area contributed by atoms with Gasteiger partial charge in [0.05, 0.1) is 6.04 Å². The maximum absolute atomic E-state index is 11.6. The molecule has 0 aromatic carbocycles. The molecule has 3 N–H and O–H groups in total. The van der Waals surface area contributed by atoms with Gasteiger partial charge in [0.25, 0.3) is 0 Å². The molecule has 0 saturated carbocycles. The van der Waals surface area contributed by atoms with Gasteiger partial charge in [-0.25, -0.2) is 4.79 Å². The molecule has 14 heavy (non-hydrogen) atoms. The Labute approximate surface area is 82.9 Å². The van der Waals surface area contributed by atoms with E-state index in [4.69, 9.17) is 10.8 Å². The minimum absolute atomic E-state index is 0.239. The zero-order chi connectivity index (χ0) is 10.7. The summed E-state index contributed by atoms with van der Waals surface area (Å²) in [5, 5.41) is 8.85. The van der Waals surface area contributed by atoms with Crippen molar-refractivity contribution >= 4 is 11.9 Å². The Morgan fingerprint density at radius 1 is 1.64 bits per heavy atom. The summed E-state index contributed by atoms with van der Waals surface area (Å²) in [4.78, 5) is 23.8. The van der Waals surface area contributed by atoms with Gasteiger partial charge in [0, 0.05) is 6.54 Å². The first-order chi connectivity index (χ1) is 6.57. The Bertz CT molecular complexity index is 242. The second-order valence-corrected chi connectivity index (χ2v) is 3.54. The summed E-state index contributed by atoms with van der Waals surface area (Å²) >= 11 is 0. The molecule has 0 aromatic heterocycles. The van der Waals surface area contributed by atoms with Gasteiger partial charge in [0.1, 0.15) is 6.04 Å². The third-order valence-electron chi connectivity index (χ3n) is 2.58. The zero-order valence-electron chi connectivity index (χ0n) is 8.27. The van der Waals surface area contributed by atoms with Gasteiger partial charge < -0.3 is 15.7 Å². The van der Waals surface area contributed by atoms with Crippen molar-refractivity contribution in [1.82, 2.24) is 4.90 Å². The van der Waals surface area contributed by atoms with E-state index in [1.165, 1.54) is 4.90 Å². The van der Waals surface area contributed by atoms with Crippen LogP contribution in [0.5, 0.6) is 0 Å². The van der Waals surface area contributed by atoms with Gasteiger partial charge in [0.15, 0.2) is 0 Å². The molecule has 5 heteroatoms. The van der Waals surface area contributed by atoms with Gasteiger partial charge in [0.2, 0.25) is 5.91 Å². The Morgan fingerprint density at radius 2 is 2.29 bits per heavy atom. The van der Waals surface area contributed by atoms with Crippen LogP contribution < -0.4 is 5.73 Å². The Balaban J connectivity index is 2.67. The Hall–Kier alpha value is -1.10. The molecule has 0 unspecified atom stereocenters. The highest BCUT2D eigenvalue weighted by atomic mass is 16.4. The molecule has 1 aliphatic rings. The van der Waals surface area contributed by atoms with Crippen LogP contribution in [-0.4, -0.2) is 40.5 Å². The number of nitrogens with zero attached hydrogens (tertiary/aromatic N) is 1. The molecule has 0 spiro atoms. The highest BCUT2D eigenvalue weighted by molar-refractivity contribution is 5.87. The molecular weight excluding hydrogens is 184 g/mol. The summed E-state index contributed by atoms with van der Waals surface area (Å²) in [6.45, 7) is 2.33. The van der Waals surface area contributed by atoms with E-state index in [0.717, 1.165) is 6.42 Å². The fourth-order valence-electron chi connectivity index (χ4n) is 1.67. The standard InChI is InChI=1S/C9H16N2O3/c1-2-6(10)8(12)11-5-3-4-7(11)9(13)14/h6-7H,2-5,10H2,1H3,(H,13,14)/t6-,7-/m0/s1. The van der Waals surface area contributed by atoms with Crippen molar-refractivity contribution in [2.75, 3.05) is 6.54 Å². The lowest BCUT2D eigenvalue weighted by Crippen LogP contribution is -2.48. The van der Waals surface area contributed by atoms with Crippen LogP contribution in [-0.2, 0) is 9.59 Å². The summed E-state index contributed by atoms with van der Waals surface area (Å²) in [6.07, 6.45) is 1.83. The first kappa shape index (κ1) is 11.0. The number of likely N-dealkylation sites (tertiary alicyclic amines) is 1. The van der Waals surface area contributed by atoms with Crippen molar-refractivity contribution in [3.63, 3.8) is 0 Å². The maximum atomic E-state index is 11.6. The minimum atomic E-state index is -0.931. The van der Waals surface area contributed by atoms with Gasteiger partial charge in [-0.2, -0.15) is 0 Å². The number of hydrogen-bond acceptors (Lipinski definition) is 3. The second kappa shape index (κ2) is 4.41. The number of carbonyl (C=O) groups is 2. The van der Waals surface area contributed by atoms with Gasteiger partial charge in [-0.3, -0.25) is 4.79 Å². The molecule has 1 saturated heterocycles.